The van der Waals surface area contributed by atoms with Gasteiger partial charge in [0.25, 0.3) is 0 Å². The Hall–Kier alpha value is -0.870. The molecule has 0 aliphatic carbocycles. The molecular weight excluding hydrogens is 270 g/mol. The molecule has 0 saturated heterocycles. The Morgan fingerprint density at radius 2 is 2.12 bits per heavy atom. The second-order valence-corrected chi connectivity index (χ2v) is 4.34. The number of nitrogens with two attached hydrogens (primary N) is 1. The highest BCUT2D eigenvalue weighted by Crippen LogP contribution is 2.23. The summed E-state index contributed by atoms with van der Waals surface area (Å²) in [6, 6.07) is 9.53. The van der Waals surface area contributed by atoms with Gasteiger partial charge in [0, 0.05) is 0 Å². The summed E-state index contributed by atoms with van der Waals surface area (Å²) in [6.45, 7) is 4.35. The minimum Gasteiger partial charge on any atom is -0.459 e. The predicted octanol–water partition coefficient (Wildman–Crippen LogP) is 1.25. The lowest BCUT2D eigenvalue weighted by Gasteiger charge is -2.09. The molecule has 1 atom stereocenters. The van der Waals surface area contributed by atoms with Crippen LogP contribution in [0.5, 0.6) is 0 Å². The van der Waals surface area contributed by atoms with Crippen molar-refractivity contribution in [1.29, 1.82) is 0 Å². The fourth-order valence-corrected chi connectivity index (χ4v) is 1.72. The van der Waals surface area contributed by atoms with E-state index in [-0.39, 0.29) is 10.8 Å². The summed E-state index contributed by atoms with van der Waals surface area (Å²) in [4.78, 5) is 11.3. The summed E-state index contributed by atoms with van der Waals surface area (Å²) in [6.07, 6.45) is 0. The number of hydrogen-bond acceptors (Lipinski definition) is 2. The van der Waals surface area contributed by atoms with Crippen LogP contribution >= 0.6 is 15.9 Å². The van der Waals surface area contributed by atoms with Crippen LogP contribution in [0.1, 0.15) is 17.3 Å². The molecular formula is C12H17BrNO2+. The molecule has 3 nitrogen and oxygen atoms in total. The van der Waals surface area contributed by atoms with E-state index in [0.717, 1.165) is 18.7 Å². The van der Waals surface area contributed by atoms with Crippen molar-refractivity contribution in [2.45, 2.75) is 11.8 Å². The molecule has 1 rings (SSSR count). The SMILES string of the molecule is CC[NH2+]CCOC(=O)C(Br)c1ccccc1. The lowest BCUT2D eigenvalue weighted by atomic mass is 10.1. The second-order valence-electron chi connectivity index (χ2n) is 3.43. The maximum Gasteiger partial charge on any atom is 0.324 e. The summed E-state index contributed by atoms with van der Waals surface area (Å²) in [5.41, 5.74) is 0.923. The fraction of sp³-hybridized carbons (Fsp3) is 0.417. The highest BCUT2D eigenvalue weighted by atomic mass is 79.9. The zero-order valence-corrected chi connectivity index (χ0v) is 10.9. The van der Waals surface area contributed by atoms with Gasteiger partial charge in [0.05, 0.1) is 6.54 Å². The van der Waals surface area contributed by atoms with Crippen LogP contribution in [0, 0.1) is 0 Å². The number of halogens is 1. The van der Waals surface area contributed by atoms with E-state index < -0.39 is 0 Å². The van der Waals surface area contributed by atoms with Crippen LogP contribution in [0.3, 0.4) is 0 Å². The van der Waals surface area contributed by atoms with Crippen molar-refractivity contribution >= 4 is 21.9 Å². The van der Waals surface area contributed by atoms with E-state index in [2.05, 4.69) is 28.2 Å². The lowest BCUT2D eigenvalue weighted by molar-refractivity contribution is -0.652. The highest BCUT2D eigenvalue weighted by Gasteiger charge is 2.18. The number of benzene rings is 1. The van der Waals surface area contributed by atoms with E-state index in [1.54, 1.807) is 0 Å². The Bertz CT molecular complexity index is 316. The Balaban J connectivity index is 2.37. The van der Waals surface area contributed by atoms with Crippen LogP contribution in [-0.2, 0) is 9.53 Å². The van der Waals surface area contributed by atoms with E-state index in [1.165, 1.54) is 0 Å². The number of ether oxygens (including phenoxy) is 1. The molecule has 88 valence electrons. The van der Waals surface area contributed by atoms with Crippen LogP contribution in [-0.4, -0.2) is 25.7 Å². The van der Waals surface area contributed by atoms with Gasteiger partial charge in [-0.05, 0) is 12.5 Å². The Morgan fingerprint density at radius 1 is 1.44 bits per heavy atom. The number of hydrogen-bond donors (Lipinski definition) is 1. The topological polar surface area (TPSA) is 42.9 Å². The fourth-order valence-electron chi connectivity index (χ4n) is 1.28. The van der Waals surface area contributed by atoms with Gasteiger partial charge >= 0.3 is 5.97 Å². The third-order valence-electron chi connectivity index (χ3n) is 2.15. The zero-order valence-electron chi connectivity index (χ0n) is 9.36. The monoisotopic (exact) mass is 286 g/mol. The van der Waals surface area contributed by atoms with Crippen molar-refractivity contribution in [2.24, 2.45) is 0 Å². The lowest BCUT2D eigenvalue weighted by Crippen LogP contribution is -2.84. The first-order valence-corrected chi connectivity index (χ1v) is 6.34. The maximum atomic E-state index is 11.6. The zero-order chi connectivity index (χ0) is 11.8. The molecule has 0 spiro atoms. The van der Waals surface area contributed by atoms with E-state index in [1.807, 2.05) is 30.3 Å². The average molecular weight is 287 g/mol. The maximum absolute atomic E-state index is 11.6. The summed E-state index contributed by atoms with van der Waals surface area (Å²) in [5, 5.41) is 2.10. The van der Waals surface area contributed by atoms with E-state index in [4.69, 9.17) is 4.74 Å². The first kappa shape index (κ1) is 13.2. The molecule has 0 radical (unpaired) electrons. The molecule has 16 heavy (non-hydrogen) atoms. The molecule has 2 N–H and O–H groups in total. The van der Waals surface area contributed by atoms with Crippen LogP contribution in [0.4, 0.5) is 0 Å². The number of quaternary nitrogens is 1. The Labute approximate surface area is 104 Å². The molecule has 0 saturated carbocycles. The standard InChI is InChI=1S/C12H16BrNO2/c1-2-14-8-9-16-12(15)11(13)10-6-4-3-5-7-10/h3-7,11,14H,2,8-9H2,1H3/p+1. The molecule has 1 aromatic rings. The molecule has 0 amide bonds. The second kappa shape index (κ2) is 7.41. The van der Waals surface area contributed by atoms with Crippen LogP contribution in [0.15, 0.2) is 30.3 Å². The Kier molecular flexibility index (Phi) is 6.11. The van der Waals surface area contributed by atoms with Gasteiger partial charge in [0.1, 0.15) is 18.0 Å². The van der Waals surface area contributed by atoms with Crippen LogP contribution in [0.25, 0.3) is 0 Å². The molecule has 1 unspecified atom stereocenters. The summed E-state index contributed by atoms with van der Waals surface area (Å²) < 4.78 is 5.14. The first-order valence-electron chi connectivity index (χ1n) is 5.43. The van der Waals surface area contributed by atoms with Crippen molar-refractivity contribution in [3.63, 3.8) is 0 Å². The number of rotatable bonds is 6. The van der Waals surface area contributed by atoms with Crippen molar-refractivity contribution in [3.05, 3.63) is 35.9 Å². The highest BCUT2D eigenvalue weighted by molar-refractivity contribution is 9.09. The molecule has 0 aromatic heterocycles. The number of carbonyl (C=O) groups excluding carboxylic acids is 1. The van der Waals surface area contributed by atoms with Gasteiger partial charge in [0.15, 0.2) is 0 Å². The van der Waals surface area contributed by atoms with Gasteiger partial charge in [0.2, 0.25) is 0 Å². The third-order valence-corrected chi connectivity index (χ3v) is 3.06. The summed E-state index contributed by atoms with van der Waals surface area (Å²) in [5.74, 6) is -0.226. The van der Waals surface area contributed by atoms with Crippen molar-refractivity contribution in [2.75, 3.05) is 19.7 Å². The number of likely N-dealkylation sites (N-methyl/N-ethyl adjacent to an activating group) is 1. The molecule has 0 aliphatic heterocycles. The van der Waals surface area contributed by atoms with Gasteiger partial charge in [-0.3, -0.25) is 4.79 Å². The van der Waals surface area contributed by atoms with Gasteiger partial charge < -0.3 is 10.1 Å². The predicted molar refractivity (Wildman–Crippen MR) is 66.4 cm³/mol. The van der Waals surface area contributed by atoms with Crippen molar-refractivity contribution in [1.82, 2.24) is 0 Å². The van der Waals surface area contributed by atoms with Crippen LogP contribution in [0.2, 0.25) is 0 Å². The molecule has 0 bridgehead atoms. The van der Waals surface area contributed by atoms with Gasteiger partial charge in [-0.15, -0.1) is 0 Å². The molecule has 1 aromatic carbocycles. The van der Waals surface area contributed by atoms with Crippen LogP contribution < -0.4 is 5.32 Å². The molecule has 4 heteroatoms. The first-order chi connectivity index (χ1) is 7.75. The van der Waals surface area contributed by atoms with Crippen molar-refractivity contribution in [3.8, 4) is 0 Å². The van der Waals surface area contributed by atoms with E-state index in [9.17, 15) is 4.79 Å². The normalized spacial score (nSPS) is 12.1. The minimum absolute atomic E-state index is 0.226. The van der Waals surface area contributed by atoms with Crippen molar-refractivity contribution < 1.29 is 14.8 Å². The van der Waals surface area contributed by atoms with E-state index >= 15 is 0 Å². The largest absolute Gasteiger partial charge is 0.459 e. The van der Waals surface area contributed by atoms with Gasteiger partial charge in [-0.25, -0.2) is 0 Å². The van der Waals surface area contributed by atoms with Gasteiger partial charge in [-0.2, -0.15) is 0 Å². The molecule has 0 fully saturated rings. The summed E-state index contributed by atoms with van der Waals surface area (Å²) in [7, 11) is 0. The quantitative estimate of drug-likeness (QED) is 0.486. The minimum atomic E-state index is -0.365. The molecule has 0 heterocycles. The third kappa shape index (κ3) is 4.33. The smallest absolute Gasteiger partial charge is 0.324 e. The summed E-state index contributed by atoms with van der Waals surface area (Å²) >= 11 is 3.34. The number of esters is 1. The van der Waals surface area contributed by atoms with E-state index in [0.29, 0.717) is 6.61 Å². The molecule has 0 aliphatic rings. The van der Waals surface area contributed by atoms with Gasteiger partial charge in [-0.1, -0.05) is 46.3 Å². The Morgan fingerprint density at radius 3 is 2.75 bits per heavy atom. The average Bonchev–Trinajstić information content (AvgIpc) is 2.34. The number of carbonyl (C=O) groups is 1. The number of alkyl halides is 1.